The predicted molar refractivity (Wildman–Crippen MR) is 131 cm³/mol. The smallest absolute Gasteiger partial charge is 0.126 e. The van der Waals surface area contributed by atoms with Crippen molar-refractivity contribution in [2.24, 2.45) is 29.6 Å². The Hall–Kier alpha value is -1.37. The van der Waals surface area contributed by atoms with Crippen LogP contribution >= 0.6 is 0 Å². The summed E-state index contributed by atoms with van der Waals surface area (Å²) in [5.41, 5.74) is 2.13. The third-order valence-corrected chi connectivity index (χ3v) is 8.97. The molecule has 170 valence electrons. The van der Waals surface area contributed by atoms with Gasteiger partial charge in [0.25, 0.3) is 0 Å². The summed E-state index contributed by atoms with van der Waals surface area (Å²) in [6.07, 6.45) is 24.6. The number of allylic oxidation sites excluding steroid dienone is 4. The Morgan fingerprint density at radius 1 is 0.806 bits per heavy atom. The molecular formula is C30H43F. The van der Waals surface area contributed by atoms with Crippen LogP contribution in [0.2, 0.25) is 0 Å². The van der Waals surface area contributed by atoms with Gasteiger partial charge >= 0.3 is 0 Å². The minimum Gasteiger partial charge on any atom is -0.207 e. The Morgan fingerprint density at radius 3 is 2.19 bits per heavy atom. The summed E-state index contributed by atoms with van der Waals surface area (Å²) >= 11 is 0. The molecule has 0 aliphatic heterocycles. The molecule has 4 rings (SSSR count). The van der Waals surface area contributed by atoms with Gasteiger partial charge in [-0.2, -0.15) is 0 Å². The molecule has 1 aromatic carbocycles. The average Bonchev–Trinajstić information content (AvgIpc) is 2.80. The van der Waals surface area contributed by atoms with Gasteiger partial charge in [-0.3, -0.25) is 0 Å². The van der Waals surface area contributed by atoms with Crippen LogP contribution in [0.1, 0.15) is 102 Å². The molecular weight excluding hydrogens is 379 g/mol. The molecule has 3 saturated carbocycles. The van der Waals surface area contributed by atoms with Gasteiger partial charge in [-0.1, -0.05) is 36.4 Å². The molecule has 0 heterocycles. The second kappa shape index (κ2) is 11.0. The van der Waals surface area contributed by atoms with Crippen molar-refractivity contribution in [1.82, 2.24) is 0 Å². The van der Waals surface area contributed by atoms with Crippen LogP contribution in [-0.2, 0) is 6.42 Å². The molecule has 0 bridgehead atoms. The predicted octanol–water partition coefficient (Wildman–Crippen LogP) is 9.02. The molecule has 31 heavy (non-hydrogen) atoms. The molecule has 0 spiro atoms. The highest BCUT2D eigenvalue weighted by Gasteiger charge is 2.39. The summed E-state index contributed by atoms with van der Waals surface area (Å²) in [5, 5.41) is 0. The van der Waals surface area contributed by atoms with Crippen LogP contribution in [0.3, 0.4) is 0 Å². The van der Waals surface area contributed by atoms with Gasteiger partial charge in [-0.15, -0.1) is 0 Å². The van der Waals surface area contributed by atoms with Crippen LogP contribution in [0.25, 0.3) is 0 Å². The minimum atomic E-state index is 0.0151. The molecule has 0 amide bonds. The van der Waals surface area contributed by atoms with Crippen molar-refractivity contribution < 1.29 is 4.39 Å². The van der Waals surface area contributed by atoms with E-state index in [9.17, 15) is 4.39 Å². The number of fused-ring (bicyclic) bond motifs is 1. The molecule has 3 aliphatic carbocycles. The van der Waals surface area contributed by atoms with Crippen LogP contribution in [0.5, 0.6) is 0 Å². The number of rotatable bonds is 6. The van der Waals surface area contributed by atoms with Gasteiger partial charge in [-0.05, 0) is 144 Å². The van der Waals surface area contributed by atoms with Gasteiger partial charge in [-0.25, -0.2) is 4.39 Å². The lowest BCUT2D eigenvalue weighted by Crippen LogP contribution is -2.34. The highest BCUT2D eigenvalue weighted by atomic mass is 19.1. The third-order valence-electron chi connectivity index (χ3n) is 8.97. The van der Waals surface area contributed by atoms with Crippen LogP contribution < -0.4 is 0 Å². The molecule has 3 aliphatic rings. The maximum absolute atomic E-state index is 14.7. The normalized spacial score (nSPS) is 34.3. The van der Waals surface area contributed by atoms with Gasteiger partial charge in [0.15, 0.2) is 0 Å². The van der Waals surface area contributed by atoms with E-state index in [0.29, 0.717) is 5.92 Å². The fourth-order valence-corrected chi connectivity index (χ4v) is 7.16. The zero-order chi connectivity index (χ0) is 21.6. The van der Waals surface area contributed by atoms with Crippen LogP contribution in [0.15, 0.2) is 42.5 Å². The highest BCUT2D eigenvalue weighted by molar-refractivity contribution is 5.28. The van der Waals surface area contributed by atoms with Crippen molar-refractivity contribution in [1.29, 1.82) is 0 Å². The van der Waals surface area contributed by atoms with E-state index >= 15 is 0 Å². The third kappa shape index (κ3) is 5.71. The minimum absolute atomic E-state index is 0.0151. The first kappa shape index (κ1) is 22.8. The Balaban J connectivity index is 1.29. The van der Waals surface area contributed by atoms with Crippen molar-refractivity contribution in [2.45, 2.75) is 96.8 Å². The van der Waals surface area contributed by atoms with Gasteiger partial charge in [0.2, 0.25) is 0 Å². The number of hydrogen-bond donors (Lipinski definition) is 0. The van der Waals surface area contributed by atoms with Crippen LogP contribution in [-0.4, -0.2) is 0 Å². The van der Waals surface area contributed by atoms with E-state index in [4.69, 9.17) is 0 Å². The molecule has 0 saturated heterocycles. The molecule has 1 aromatic rings. The highest BCUT2D eigenvalue weighted by Crippen LogP contribution is 2.51. The Kier molecular flexibility index (Phi) is 8.07. The SMILES string of the molecule is C/C=C/CCc1ccc(C2CCC3CC(C4CCC(/C=C/C)CC4)CCC3C2)cc1F. The quantitative estimate of drug-likeness (QED) is 0.401. The van der Waals surface area contributed by atoms with Crippen molar-refractivity contribution in [3.05, 3.63) is 59.4 Å². The first-order chi connectivity index (χ1) is 15.2. The summed E-state index contributed by atoms with van der Waals surface area (Å²) < 4.78 is 14.7. The van der Waals surface area contributed by atoms with Gasteiger partial charge in [0.05, 0.1) is 0 Å². The van der Waals surface area contributed by atoms with E-state index in [1.165, 1.54) is 69.8 Å². The number of aryl methyl sites for hydroxylation is 1. The van der Waals surface area contributed by atoms with Crippen LogP contribution in [0, 0.1) is 35.4 Å². The molecule has 4 unspecified atom stereocenters. The van der Waals surface area contributed by atoms with E-state index in [-0.39, 0.29) is 5.82 Å². The monoisotopic (exact) mass is 422 g/mol. The summed E-state index contributed by atoms with van der Waals surface area (Å²) in [6.45, 7) is 4.19. The van der Waals surface area contributed by atoms with Crippen LogP contribution in [0.4, 0.5) is 4.39 Å². The molecule has 4 atom stereocenters. The summed E-state index contributed by atoms with van der Waals surface area (Å²) in [5.74, 6) is 5.24. The Morgan fingerprint density at radius 2 is 1.48 bits per heavy atom. The van der Waals surface area contributed by atoms with Crippen molar-refractivity contribution in [2.75, 3.05) is 0 Å². The second-order valence-corrected chi connectivity index (χ2v) is 10.8. The first-order valence-electron chi connectivity index (χ1n) is 13.2. The van der Waals surface area contributed by atoms with Crippen molar-refractivity contribution in [3.63, 3.8) is 0 Å². The largest absolute Gasteiger partial charge is 0.207 e. The van der Waals surface area contributed by atoms with Crippen molar-refractivity contribution in [3.8, 4) is 0 Å². The van der Waals surface area contributed by atoms with Gasteiger partial charge in [0, 0.05) is 0 Å². The zero-order valence-electron chi connectivity index (χ0n) is 19.9. The Labute approximate surface area is 190 Å². The van der Waals surface area contributed by atoms with Crippen molar-refractivity contribution >= 4 is 0 Å². The fraction of sp³-hybridized carbons (Fsp3) is 0.667. The lowest BCUT2D eigenvalue weighted by atomic mass is 9.60. The molecule has 0 N–H and O–H groups in total. The molecule has 0 nitrogen and oxygen atoms in total. The lowest BCUT2D eigenvalue weighted by molar-refractivity contribution is 0.0748. The maximum atomic E-state index is 14.7. The first-order valence-corrected chi connectivity index (χ1v) is 13.2. The summed E-state index contributed by atoms with van der Waals surface area (Å²) in [7, 11) is 0. The van der Waals surface area contributed by atoms with Gasteiger partial charge in [0.1, 0.15) is 5.82 Å². The van der Waals surface area contributed by atoms with E-state index in [1.807, 2.05) is 19.1 Å². The number of halogens is 1. The summed E-state index contributed by atoms with van der Waals surface area (Å²) in [4.78, 5) is 0. The standard InChI is InChI=1S/C30H43F/c1-3-5-6-8-24-13-14-29(21-30(24)31)28-18-17-26-19-25(15-16-27(26)20-28)23-11-9-22(7-4-2)10-12-23/h3-5,7,13-14,21-23,25-28H,6,8-12,15-20H2,1-2H3/b5-3+,7-4+. The van der Waals surface area contributed by atoms with E-state index < -0.39 is 0 Å². The van der Waals surface area contributed by atoms with E-state index in [1.54, 1.807) is 0 Å². The zero-order valence-corrected chi connectivity index (χ0v) is 19.9. The average molecular weight is 423 g/mol. The Bertz CT molecular complexity index is 752. The van der Waals surface area contributed by atoms with E-state index in [0.717, 1.165) is 48.0 Å². The maximum Gasteiger partial charge on any atom is 0.126 e. The van der Waals surface area contributed by atoms with Gasteiger partial charge < -0.3 is 0 Å². The topological polar surface area (TPSA) is 0 Å². The lowest BCUT2D eigenvalue weighted by Gasteiger charge is -2.45. The summed E-state index contributed by atoms with van der Waals surface area (Å²) in [6, 6.07) is 6.15. The molecule has 1 heteroatoms. The second-order valence-electron chi connectivity index (χ2n) is 10.8. The molecule has 0 radical (unpaired) electrons. The molecule has 0 aromatic heterocycles. The number of benzene rings is 1. The number of hydrogen-bond acceptors (Lipinski definition) is 0. The van der Waals surface area contributed by atoms with E-state index in [2.05, 4.69) is 37.3 Å². The fourth-order valence-electron chi connectivity index (χ4n) is 7.16. The molecule has 3 fully saturated rings.